The first-order valence-corrected chi connectivity index (χ1v) is 9.44. The van der Waals surface area contributed by atoms with Gasteiger partial charge in [-0.2, -0.15) is 0 Å². The minimum absolute atomic E-state index is 0.0185. The van der Waals surface area contributed by atoms with Gasteiger partial charge in [-0.1, -0.05) is 60.2 Å². The van der Waals surface area contributed by atoms with Gasteiger partial charge in [-0.3, -0.25) is 4.79 Å². The lowest BCUT2D eigenvalue weighted by molar-refractivity contribution is -0.145. The maximum Gasteiger partial charge on any atom is 0.408 e. The Bertz CT molecular complexity index is 838. The van der Waals surface area contributed by atoms with Crippen LogP contribution in [0.3, 0.4) is 0 Å². The minimum atomic E-state index is -1.28. The van der Waals surface area contributed by atoms with E-state index in [2.05, 4.69) is 10.6 Å². The molecule has 0 radical (unpaired) electrons. The molecule has 30 heavy (non-hydrogen) atoms. The lowest BCUT2D eigenvalue weighted by Crippen LogP contribution is -2.54. The largest absolute Gasteiger partial charge is 0.467 e. The van der Waals surface area contributed by atoms with Gasteiger partial charge in [0.2, 0.25) is 5.91 Å². The molecule has 2 aromatic rings. The van der Waals surface area contributed by atoms with Crippen LogP contribution in [0.15, 0.2) is 54.6 Å². The van der Waals surface area contributed by atoms with E-state index in [1.807, 2.05) is 49.4 Å². The van der Waals surface area contributed by atoms with Crippen molar-refractivity contribution in [3.05, 3.63) is 71.3 Å². The number of methoxy groups -OCH3 is 1. The lowest BCUT2D eigenvalue weighted by Gasteiger charge is -2.21. The second kappa shape index (κ2) is 11.6. The second-order valence-electron chi connectivity index (χ2n) is 6.72. The zero-order valence-electron chi connectivity index (χ0n) is 17.0. The first-order valence-electron chi connectivity index (χ1n) is 9.44. The fourth-order valence-corrected chi connectivity index (χ4v) is 2.67. The number of alkyl carbamates (subject to hydrolysis) is 1. The Labute approximate surface area is 175 Å². The number of aliphatic hydroxyl groups is 1. The topological polar surface area (TPSA) is 114 Å². The molecule has 0 bridgehead atoms. The van der Waals surface area contributed by atoms with Crippen molar-refractivity contribution in [2.75, 3.05) is 13.7 Å². The Hall–Kier alpha value is -3.39. The van der Waals surface area contributed by atoms with Crippen LogP contribution in [0.1, 0.15) is 16.7 Å². The number of rotatable bonds is 9. The van der Waals surface area contributed by atoms with E-state index >= 15 is 0 Å². The van der Waals surface area contributed by atoms with Crippen molar-refractivity contribution in [1.82, 2.24) is 10.6 Å². The van der Waals surface area contributed by atoms with Crippen molar-refractivity contribution >= 4 is 18.0 Å². The van der Waals surface area contributed by atoms with Gasteiger partial charge in [0, 0.05) is 6.42 Å². The zero-order chi connectivity index (χ0) is 21.9. The second-order valence-corrected chi connectivity index (χ2v) is 6.72. The normalized spacial score (nSPS) is 12.4. The number of carbonyl (C=O) groups excluding carboxylic acids is 3. The van der Waals surface area contributed by atoms with Crippen LogP contribution in [0.2, 0.25) is 0 Å². The molecular weight excluding hydrogens is 388 g/mol. The molecule has 0 aliphatic carbocycles. The van der Waals surface area contributed by atoms with Crippen LogP contribution in [0.5, 0.6) is 0 Å². The lowest BCUT2D eigenvalue weighted by atomic mass is 10.0. The van der Waals surface area contributed by atoms with E-state index in [4.69, 9.17) is 9.47 Å². The van der Waals surface area contributed by atoms with Gasteiger partial charge in [0.25, 0.3) is 0 Å². The molecule has 8 heteroatoms. The van der Waals surface area contributed by atoms with Gasteiger partial charge in [0.05, 0.1) is 13.7 Å². The van der Waals surface area contributed by atoms with E-state index in [-0.39, 0.29) is 13.0 Å². The summed E-state index contributed by atoms with van der Waals surface area (Å²) in [6, 6.07) is 14.3. The summed E-state index contributed by atoms with van der Waals surface area (Å²) in [5.74, 6) is -1.36. The quantitative estimate of drug-likeness (QED) is 0.536. The smallest absolute Gasteiger partial charge is 0.408 e. The molecule has 3 N–H and O–H groups in total. The number of aryl methyl sites for hydroxylation is 1. The summed E-state index contributed by atoms with van der Waals surface area (Å²) in [5, 5.41) is 14.3. The Morgan fingerprint density at radius 1 is 0.933 bits per heavy atom. The summed E-state index contributed by atoms with van der Waals surface area (Å²) >= 11 is 0. The highest BCUT2D eigenvalue weighted by atomic mass is 16.5. The van der Waals surface area contributed by atoms with Crippen molar-refractivity contribution in [1.29, 1.82) is 0 Å². The van der Waals surface area contributed by atoms with Crippen LogP contribution in [0.4, 0.5) is 4.79 Å². The molecule has 0 unspecified atom stereocenters. The predicted molar refractivity (Wildman–Crippen MR) is 109 cm³/mol. The molecule has 0 saturated heterocycles. The van der Waals surface area contributed by atoms with Gasteiger partial charge in [-0.05, 0) is 18.1 Å². The number of benzene rings is 2. The van der Waals surface area contributed by atoms with E-state index in [0.717, 1.165) is 16.7 Å². The third-order valence-electron chi connectivity index (χ3n) is 4.37. The fourth-order valence-electron chi connectivity index (χ4n) is 2.67. The molecule has 0 spiro atoms. The van der Waals surface area contributed by atoms with Gasteiger partial charge < -0.3 is 25.2 Å². The Balaban J connectivity index is 1.94. The number of carbonyl (C=O) groups is 3. The zero-order valence-corrected chi connectivity index (χ0v) is 17.0. The Morgan fingerprint density at radius 2 is 1.60 bits per heavy atom. The molecule has 0 aromatic heterocycles. The molecule has 0 saturated carbocycles. The first kappa shape index (κ1) is 22.9. The van der Waals surface area contributed by atoms with Crippen LogP contribution < -0.4 is 10.6 Å². The van der Waals surface area contributed by atoms with Crippen LogP contribution >= 0.6 is 0 Å². The van der Waals surface area contributed by atoms with Crippen LogP contribution in [-0.4, -0.2) is 48.9 Å². The minimum Gasteiger partial charge on any atom is -0.467 e. The van der Waals surface area contributed by atoms with E-state index < -0.39 is 36.7 Å². The van der Waals surface area contributed by atoms with Crippen molar-refractivity contribution < 1.29 is 29.0 Å². The highest BCUT2D eigenvalue weighted by molar-refractivity contribution is 5.89. The molecule has 8 nitrogen and oxygen atoms in total. The average Bonchev–Trinajstić information content (AvgIpc) is 2.77. The van der Waals surface area contributed by atoms with Crippen molar-refractivity contribution in [3.63, 3.8) is 0 Å². The van der Waals surface area contributed by atoms with Gasteiger partial charge in [0.15, 0.2) is 0 Å². The maximum absolute atomic E-state index is 12.5. The number of hydrogen-bond acceptors (Lipinski definition) is 6. The highest BCUT2D eigenvalue weighted by Crippen LogP contribution is 2.08. The highest BCUT2D eigenvalue weighted by Gasteiger charge is 2.27. The summed E-state index contributed by atoms with van der Waals surface area (Å²) in [4.78, 5) is 36.6. The van der Waals surface area contributed by atoms with Gasteiger partial charge in [0.1, 0.15) is 18.7 Å². The summed E-state index contributed by atoms with van der Waals surface area (Å²) < 4.78 is 9.82. The number of aliphatic hydroxyl groups excluding tert-OH is 1. The molecule has 2 amide bonds. The van der Waals surface area contributed by atoms with Gasteiger partial charge in [-0.25, -0.2) is 9.59 Å². The summed E-state index contributed by atoms with van der Waals surface area (Å²) in [6.07, 6.45) is -0.656. The molecular formula is C22H26N2O6. The fraction of sp³-hybridized carbons (Fsp3) is 0.318. The molecule has 0 heterocycles. The van der Waals surface area contributed by atoms with Gasteiger partial charge >= 0.3 is 12.1 Å². The summed E-state index contributed by atoms with van der Waals surface area (Å²) in [5.41, 5.74) is 2.67. The van der Waals surface area contributed by atoms with Crippen molar-refractivity contribution in [2.24, 2.45) is 0 Å². The number of ether oxygens (including phenoxy) is 2. The number of esters is 1. The first-order chi connectivity index (χ1) is 14.4. The molecule has 2 atom stereocenters. The summed E-state index contributed by atoms with van der Waals surface area (Å²) in [7, 11) is 1.22. The monoisotopic (exact) mass is 414 g/mol. The number of nitrogens with one attached hydrogen (secondary N) is 2. The average molecular weight is 414 g/mol. The molecule has 2 rings (SSSR count). The van der Waals surface area contributed by atoms with E-state index in [9.17, 15) is 19.5 Å². The van der Waals surface area contributed by atoms with E-state index in [1.165, 1.54) is 7.11 Å². The third-order valence-corrected chi connectivity index (χ3v) is 4.37. The van der Waals surface area contributed by atoms with Gasteiger partial charge in [-0.15, -0.1) is 0 Å². The Morgan fingerprint density at radius 3 is 2.20 bits per heavy atom. The van der Waals surface area contributed by atoms with Crippen LogP contribution in [0, 0.1) is 6.92 Å². The van der Waals surface area contributed by atoms with Crippen LogP contribution in [-0.2, 0) is 32.1 Å². The standard InChI is InChI=1S/C22H26N2O6/c1-15-8-10-16(11-9-15)12-18(21(27)29-2)23-20(26)19(13-25)24-22(28)30-14-17-6-4-3-5-7-17/h3-11,18-19,25H,12-14H2,1-2H3,(H,23,26)(H,24,28)/t18-,19+/m1/s1. The predicted octanol–water partition coefficient (Wildman–Crippen LogP) is 1.48. The van der Waals surface area contributed by atoms with E-state index in [1.54, 1.807) is 12.1 Å². The summed E-state index contributed by atoms with van der Waals surface area (Å²) in [6.45, 7) is 1.30. The number of hydrogen-bond donors (Lipinski definition) is 3. The molecule has 0 aliphatic rings. The molecule has 0 aliphatic heterocycles. The van der Waals surface area contributed by atoms with Crippen molar-refractivity contribution in [3.8, 4) is 0 Å². The molecule has 2 aromatic carbocycles. The van der Waals surface area contributed by atoms with Crippen LogP contribution in [0.25, 0.3) is 0 Å². The SMILES string of the molecule is COC(=O)[C@@H](Cc1ccc(C)cc1)NC(=O)[C@H](CO)NC(=O)OCc1ccccc1. The van der Waals surface area contributed by atoms with E-state index in [0.29, 0.717) is 0 Å². The number of amides is 2. The maximum atomic E-state index is 12.5. The molecule has 160 valence electrons. The molecule has 0 fully saturated rings. The van der Waals surface area contributed by atoms with Crippen molar-refractivity contribution in [2.45, 2.75) is 32.0 Å². The Kier molecular flexibility index (Phi) is 8.83. The third kappa shape index (κ3) is 7.21.